The molecule has 3 aliphatic rings. The van der Waals surface area contributed by atoms with E-state index in [-0.39, 0.29) is 62.7 Å². The van der Waals surface area contributed by atoms with E-state index in [9.17, 15) is 14.9 Å². The number of hydrogen-bond donors (Lipinski definition) is 1. The van der Waals surface area contributed by atoms with Gasteiger partial charge in [-0.05, 0) is 79.0 Å². The standard InChI is InChI=1S/C34H38Cl2FN5O4/c1-17-27(39)30(21-14-18(10-9-13-38)24(26(37)28(21)40-17)20-11-8-12-22(35)25(20)36)42(32(44)46-34(5,6)7)29-19-15-23(29)41(16-19)31(43)45-33(2,3)4/h8,11-12,14,19,23,29H,9-10,15-16,39H2,1-7H3/t19-,23-,29?/m1/s1. The Kier molecular flexibility index (Phi) is 8.82. The number of benzene rings is 2. The number of nitrogens with zero attached hydrogens (tertiary/aromatic N) is 4. The molecule has 1 unspecified atom stereocenters. The van der Waals surface area contributed by atoms with Gasteiger partial charge in [0, 0.05) is 35.4 Å². The van der Waals surface area contributed by atoms with Crippen molar-refractivity contribution in [2.45, 2.75) is 91.0 Å². The normalized spacial score (nSPS) is 19.1. The van der Waals surface area contributed by atoms with Gasteiger partial charge in [0.15, 0.2) is 5.82 Å². The molecule has 12 heteroatoms. The second kappa shape index (κ2) is 12.1. The Morgan fingerprint density at radius 1 is 1.17 bits per heavy atom. The maximum atomic E-state index is 16.9. The summed E-state index contributed by atoms with van der Waals surface area (Å²) < 4.78 is 28.5. The van der Waals surface area contributed by atoms with Crippen molar-refractivity contribution in [3.8, 4) is 17.2 Å². The van der Waals surface area contributed by atoms with Crippen LogP contribution in [0.1, 0.15) is 65.6 Å². The molecule has 1 aromatic heterocycles. The van der Waals surface area contributed by atoms with Gasteiger partial charge in [-0.25, -0.2) is 19.0 Å². The SMILES string of the molecule is Cc1nc2c(F)c(-c3cccc(Cl)c3Cl)c(CCC#N)cc2c(N(C(=O)OC(C)(C)C)C2[C@@H]3C[C@H]2N(C(=O)OC(C)(C)C)C3)c1N. The third-order valence-electron chi connectivity index (χ3n) is 8.24. The van der Waals surface area contributed by atoms with Crippen molar-refractivity contribution in [3.05, 3.63) is 51.4 Å². The molecule has 3 heterocycles. The van der Waals surface area contributed by atoms with Crippen molar-refractivity contribution in [2.75, 3.05) is 17.2 Å². The van der Waals surface area contributed by atoms with Crippen LogP contribution in [0.25, 0.3) is 22.0 Å². The summed E-state index contributed by atoms with van der Waals surface area (Å²) in [5.74, 6) is -0.782. The summed E-state index contributed by atoms with van der Waals surface area (Å²) in [6, 6.07) is 7.88. The van der Waals surface area contributed by atoms with Crippen molar-refractivity contribution in [3.63, 3.8) is 0 Å². The number of carbonyl (C=O) groups is 2. The molecule has 3 fully saturated rings. The molecule has 3 atom stereocenters. The number of aromatic nitrogens is 1. The van der Waals surface area contributed by atoms with Gasteiger partial charge in [0.2, 0.25) is 0 Å². The minimum absolute atomic E-state index is 0.0299. The van der Waals surface area contributed by atoms with Gasteiger partial charge in [0.1, 0.15) is 16.7 Å². The molecule has 9 nitrogen and oxygen atoms in total. The molecule has 2 aliphatic heterocycles. The van der Waals surface area contributed by atoms with Crippen LogP contribution in [-0.4, -0.2) is 51.9 Å². The van der Waals surface area contributed by atoms with Gasteiger partial charge < -0.3 is 20.1 Å². The fourth-order valence-electron chi connectivity index (χ4n) is 6.34. The number of nitrogen functional groups attached to an aromatic ring is 1. The fraction of sp³-hybridized carbons (Fsp3) is 0.471. The highest BCUT2D eigenvalue weighted by Gasteiger charge is 2.59. The highest BCUT2D eigenvalue weighted by atomic mass is 35.5. The second-order valence-corrected chi connectivity index (χ2v) is 14.7. The second-order valence-electron chi connectivity index (χ2n) is 13.9. The number of ether oxygens (including phenoxy) is 2. The molecule has 0 radical (unpaired) electrons. The molecule has 46 heavy (non-hydrogen) atoms. The van der Waals surface area contributed by atoms with E-state index < -0.39 is 35.2 Å². The predicted octanol–water partition coefficient (Wildman–Crippen LogP) is 8.44. The lowest BCUT2D eigenvalue weighted by atomic mass is 9.78. The van der Waals surface area contributed by atoms with Crippen LogP contribution < -0.4 is 10.6 Å². The number of nitriles is 1. The fourth-order valence-corrected chi connectivity index (χ4v) is 6.73. The summed E-state index contributed by atoms with van der Waals surface area (Å²) >= 11 is 12.9. The summed E-state index contributed by atoms with van der Waals surface area (Å²) in [6.45, 7) is 12.7. The maximum Gasteiger partial charge on any atom is 0.415 e. The first-order valence-corrected chi connectivity index (χ1v) is 15.9. The zero-order valence-corrected chi connectivity index (χ0v) is 28.5. The van der Waals surface area contributed by atoms with E-state index in [1.165, 1.54) is 4.90 Å². The molecule has 244 valence electrons. The number of hydrogen-bond acceptors (Lipinski definition) is 7. The Morgan fingerprint density at radius 2 is 1.85 bits per heavy atom. The van der Waals surface area contributed by atoms with Gasteiger partial charge in [0.05, 0.1) is 45.3 Å². The van der Waals surface area contributed by atoms with E-state index in [0.717, 1.165) is 0 Å². The molecule has 1 aliphatic carbocycles. The first-order valence-electron chi connectivity index (χ1n) is 15.2. The van der Waals surface area contributed by atoms with Crippen LogP contribution in [0.5, 0.6) is 0 Å². The molecular formula is C34H38Cl2FN5O4. The molecular weight excluding hydrogens is 632 g/mol. The van der Waals surface area contributed by atoms with Crippen LogP contribution in [0.4, 0.5) is 25.4 Å². The van der Waals surface area contributed by atoms with Gasteiger partial charge >= 0.3 is 12.2 Å². The van der Waals surface area contributed by atoms with Crippen LogP contribution in [0, 0.1) is 30.0 Å². The zero-order valence-electron chi connectivity index (χ0n) is 27.0. The Hall–Kier alpha value is -3.81. The average molecular weight is 671 g/mol. The number of aryl methyl sites for hydroxylation is 2. The van der Waals surface area contributed by atoms with Crippen molar-refractivity contribution in [2.24, 2.45) is 5.92 Å². The Labute approximate surface area is 278 Å². The van der Waals surface area contributed by atoms with Crippen LogP contribution >= 0.6 is 23.2 Å². The van der Waals surface area contributed by atoms with Gasteiger partial charge in [-0.1, -0.05) is 35.3 Å². The quantitative estimate of drug-likeness (QED) is 0.289. The highest BCUT2D eigenvalue weighted by Crippen LogP contribution is 2.50. The van der Waals surface area contributed by atoms with Crippen molar-refractivity contribution < 1.29 is 23.5 Å². The summed E-state index contributed by atoms with van der Waals surface area (Å²) in [5.41, 5.74) is 6.83. The number of nitrogens with two attached hydrogens (primary N) is 1. The zero-order chi connectivity index (χ0) is 33.9. The largest absolute Gasteiger partial charge is 0.444 e. The molecule has 2 saturated heterocycles. The molecule has 2 aromatic carbocycles. The predicted molar refractivity (Wildman–Crippen MR) is 178 cm³/mol. The van der Waals surface area contributed by atoms with Crippen LogP contribution in [0.3, 0.4) is 0 Å². The van der Waals surface area contributed by atoms with Crippen molar-refractivity contribution in [1.29, 1.82) is 5.26 Å². The molecule has 1 saturated carbocycles. The van der Waals surface area contributed by atoms with E-state index in [1.54, 1.807) is 77.6 Å². The summed E-state index contributed by atoms with van der Waals surface area (Å²) in [4.78, 5) is 35.0. The third kappa shape index (κ3) is 6.15. The lowest BCUT2D eigenvalue weighted by Gasteiger charge is -2.44. The third-order valence-corrected chi connectivity index (χ3v) is 9.06. The smallest absolute Gasteiger partial charge is 0.415 e. The van der Waals surface area contributed by atoms with E-state index in [0.29, 0.717) is 29.8 Å². The Balaban J connectivity index is 1.75. The minimum Gasteiger partial charge on any atom is -0.444 e. The van der Waals surface area contributed by atoms with Crippen LogP contribution in [0.15, 0.2) is 24.3 Å². The van der Waals surface area contributed by atoms with Gasteiger partial charge in [-0.15, -0.1) is 0 Å². The van der Waals surface area contributed by atoms with E-state index in [2.05, 4.69) is 11.1 Å². The van der Waals surface area contributed by atoms with Gasteiger partial charge in [0.25, 0.3) is 0 Å². The molecule has 3 aromatic rings. The summed E-state index contributed by atoms with van der Waals surface area (Å²) in [6.07, 6.45) is -0.221. The molecule has 2 amide bonds. The lowest BCUT2D eigenvalue weighted by molar-refractivity contribution is 0.0217. The number of pyridine rings is 1. The minimum atomic E-state index is -0.866. The molecule has 2 bridgehead atoms. The number of fused-ring (bicyclic) bond motifs is 2. The summed E-state index contributed by atoms with van der Waals surface area (Å²) in [5, 5.41) is 10.1. The van der Waals surface area contributed by atoms with Crippen molar-refractivity contribution >= 4 is 57.7 Å². The van der Waals surface area contributed by atoms with E-state index in [4.69, 9.17) is 38.4 Å². The number of halogens is 3. The Morgan fingerprint density at radius 3 is 2.48 bits per heavy atom. The van der Waals surface area contributed by atoms with E-state index in [1.807, 2.05) is 0 Å². The summed E-state index contributed by atoms with van der Waals surface area (Å²) in [7, 11) is 0. The number of amides is 2. The first-order chi connectivity index (χ1) is 21.4. The molecule has 2 N–H and O–H groups in total. The van der Waals surface area contributed by atoms with Crippen molar-refractivity contribution in [1.82, 2.24) is 9.88 Å². The number of anilines is 2. The van der Waals surface area contributed by atoms with Gasteiger partial charge in [-0.3, -0.25) is 4.90 Å². The topological polar surface area (TPSA) is 122 Å². The Bertz CT molecular complexity index is 1780. The van der Waals surface area contributed by atoms with Crippen LogP contribution in [0.2, 0.25) is 10.0 Å². The monoisotopic (exact) mass is 669 g/mol. The highest BCUT2D eigenvalue weighted by molar-refractivity contribution is 6.43. The van der Waals surface area contributed by atoms with Crippen LogP contribution in [-0.2, 0) is 15.9 Å². The first kappa shape index (κ1) is 33.6. The van der Waals surface area contributed by atoms with E-state index >= 15 is 4.39 Å². The molecule has 6 rings (SSSR count). The lowest BCUT2D eigenvalue weighted by Crippen LogP contribution is -2.59. The number of rotatable bonds is 5. The van der Waals surface area contributed by atoms with Gasteiger partial charge in [-0.2, -0.15) is 5.26 Å². The number of carbonyl (C=O) groups excluding carboxylic acids is 2. The average Bonchev–Trinajstić information content (AvgIpc) is 3.53. The maximum absolute atomic E-state index is 16.9. The molecule has 0 spiro atoms.